The Labute approximate surface area is 118 Å². The van der Waals surface area contributed by atoms with Crippen molar-refractivity contribution in [1.82, 2.24) is 5.32 Å². The van der Waals surface area contributed by atoms with E-state index in [-0.39, 0.29) is 5.91 Å². The molecule has 0 radical (unpaired) electrons. The van der Waals surface area contributed by atoms with E-state index in [0.29, 0.717) is 24.4 Å². The molecule has 1 saturated carbocycles. The van der Waals surface area contributed by atoms with Crippen LogP contribution in [-0.4, -0.2) is 18.0 Å². The summed E-state index contributed by atoms with van der Waals surface area (Å²) in [5, 5.41) is 3.14. The Hall–Kier alpha value is -0.570. The van der Waals surface area contributed by atoms with E-state index in [4.69, 9.17) is 5.73 Å². The predicted molar refractivity (Wildman–Crippen MR) is 80.8 cm³/mol. The minimum absolute atomic E-state index is 0.219. The van der Waals surface area contributed by atoms with Crippen LogP contribution in [0.25, 0.3) is 0 Å². The zero-order valence-corrected chi connectivity index (χ0v) is 13.0. The third-order valence-corrected chi connectivity index (χ3v) is 4.12. The molecule has 3 atom stereocenters. The molecule has 0 aromatic rings. The average Bonchev–Trinajstić information content (AvgIpc) is 2.27. The third kappa shape index (κ3) is 7.56. The van der Waals surface area contributed by atoms with Crippen molar-refractivity contribution in [3.05, 3.63) is 0 Å². The van der Waals surface area contributed by atoms with Gasteiger partial charge in [-0.05, 0) is 44.4 Å². The van der Waals surface area contributed by atoms with Crippen molar-refractivity contribution < 1.29 is 4.79 Å². The van der Waals surface area contributed by atoms with Crippen LogP contribution in [0.5, 0.6) is 0 Å². The van der Waals surface area contributed by atoms with Crippen molar-refractivity contribution in [3.8, 4) is 0 Å². The van der Waals surface area contributed by atoms with Crippen molar-refractivity contribution in [1.29, 1.82) is 0 Å². The molecular formula is C16H32N2O. The number of carbonyl (C=O) groups is 1. The van der Waals surface area contributed by atoms with E-state index in [1.54, 1.807) is 0 Å². The zero-order chi connectivity index (χ0) is 14.3. The third-order valence-electron chi connectivity index (χ3n) is 4.12. The highest BCUT2D eigenvalue weighted by atomic mass is 16.1. The van der Waals surface area contributed by atoms with Crippen molar-refractivity contribution >= 4 is 5.91 Å². The van der Waals surface area contributed by atoms with Gasteiger partial charge in [0.05, 0.1) is 0 Å². The van der Waals surface area contributed by atoms with Gasteiger partial charge >= 0.3 is 0 Å². The Morgan fingerprint density at radius 2 is 2.00 bits per heavy atom. The minimum atomic E-state index is 0.219. The van der Waals surface area contributed by atoms with Crippen LogP contribution in [-0.2, 0) is 4.79 Å². The lowest BCUT2D eigenvalue weighted by Crippen LogP contribution is -2.36. The molecule has 3 N–H and O–H groups in total. The lowest BCUT2D eigenvalue weighted by Gasteiger charge is -2.26. The van der Waals surface area contributed by atoms with Crippen LogP contribution in [0.3, 0.4) is 0 Å². The summed E-state index contributed by atoms with van der Waals surface area (Å²) < 4.78 is 0. The maximum atomic E-state index is 12.0. The lowest BCUT2D eigenvalue weighted by molar-refractivity contribution is -0.122. The van der Waals surface area contributed by atoms with E-state index in [2.05, 4.69) is 26.1 Å². The molecule has 1 amide bonds. The van der Waals surface area contributed by atoms with Crippen molar-refractivity contribution in [2.75, 3.05) is 0 Å². The molecule has 1 fully saturated rings. The van der Waals surface area contributed by atoms with Gasteiger partial charge in [-0.2, -0.15) is 0 Å². The van der Waals surface area contributed by atoms with Crippen LogP contribution in [0.4, 0.5) is 0 Å². The monoisotopic (exact) mass is 268 g/mol. The molecule has 0 heterocycles. The molecule has 1 aliphatic carbocycles. The van der Waals surface area contributed by atoms with E-state index < -0.39 is 0 Å². The van der Waals surface area contributed by atoms with Gasteiger partial charge in [-0.3, -0.25) is 4.79 Å². The smallest absolute Gasteiger partial charge is 0.220 e. The molecule has 3 heteroatoms. The molecule has 1 rings (SSSR count). The number of nitrogens with one attached hydrogen (secondary N) is 1. The molecule has 0 spiro atoms. The molecule has 1 aliphatic rings. The fourth-order valence-electron chi connectivity index (χ4n) is 3.02. The fraction of sp³-hybridized carbons (Fsp3) is 0.938. The van der Waals surface area contributed by atoms with Crippen LogP contribution in [0.15, 0.2) is 0 Å². The van der Waals surface area contributed by atoms with Gasteiger partial charge in [-0.25, -0.2) is 0 Å². The Morgan fingerprint density at radius 1 is 1.26 bits per heavy atom. The Kier molecular flexibility index (Phi) is 7.44. The number of hydrogen-bond acceptors (Lipinski definition) is 2. The number of carbonyl (C=O) groups excluding carboxylic acids is 1. The van der Waals surface area contributed by atoms with Crippen LogP contribution in [0, 0.1) is 11.8 Å². The maximum absolute atomic E-state index is 12.0. The van der Waals surface area contributed by atoms with Crippen LogP contribution >= 0.6 is 0 Å². The molecule has 0 aliphatic heterocycles. The highest BCUT2D eigenvalue weighted by Gasteiger charge is 2.22. The second-order valence-corrected chi connectivity index (χ2v) is 6.79. The first-order chi connectivity index (χ1) is 8.97. The molecular weight excluding hydrogens is 236 g/mol. The summed E-state index contributed by atoms with van der Waals surface area (Å²) in [5.41, 5.74) is 5.96. The van der Waals surface area contributed by atoms with E-state index >= 15 is 0 Å². The Morgan fingerprint density at radius 3 is 2.63 bits per heavy atom. The van der Waals surface area contributed by atoms with Gasteiger partial charge in [0.25, 0.3) is 0 Å². The minimum Gasteiger partial charge on any atom is -0.354 e. The molecule has 3 nitrogen and oxygen atoms in total. The van der Waals surface area contributed by atoms with Gasteiger partial charge < -0.3 is 11.1 Å². The summed E-state index contributed by atoms with van der Waals surface area (Å²) in [5.74, 6) is 1.48. The highest BCUT2D eigenvalue weighted by Crippen LogP contribution is 2.25. The second-order valence-electron chi connectivity index (χ2n) is 6.79. The van der Waals surface area contributed by atoms with Gasteiger partial charge in [0.1, 0.15) is 0 Å². The molecule has 112 valence electrons. The zero-order valence-electron chi connectivity index (χ0n) is 13.0. The van der Waals surface area contributed by atoms with E-state index in [1.807, 2.05) is 0 Å². The summed E-state index contributed by atoms with van der Waals surface area (Å²) in [7, 11) is 0. The largest absolute Gasteiger partial charge is 0.354 e. The molecule has 19 heavy (non-hydrogen) atoms. The molecule has 3 unspecified atom stereocenters. The Balaban J connectivity index is 2.15. The summed E-state index contributed by atoms with van der Waals surface area (Å²) in [6, 6.07) is 0.624. The summed E-state index contributed by atoms with van der Waals surface area (Å²) >= 11 is 0. The highest BCUT2D eigenvalue weighted by molar-refractivity contribution is 5.76. The van der Waals surface area contributed by atoms with Gasteiger partial charge in [-0.15, -0.1) is 0 Å². The van der Waals surface area contributed by atoms with Gasteiger partial charge in [0, 0.05) is 18.5 Å². The number of rotatable bonds is 7. The van der Waals surface area contributed by atoms with E-state index in [1.165, 1.54) is 25.7 Å². The normalized spacial score (nSPS) is 25.3. The first-order valence-electron chi connectivity index (χ1n) is 8.02. The standard InChI is InChI=1S/C16H32N2O/c1-12(2)6-4-7-13(3)18-16(19)11-14-8-5-9-15(17)10-14/h12-15H,4-11,17H2,1-3H3,(H,18,19). The fourth-order valence-corrected chi connectivity index (χ4v) is 3.02. The SMILES string of the molecule is CC(C)CCCC(C)NC(=O)CC1CCCC(N)C1. The molecule has 0 bridgehead atoms. The van der Waals surface area contributed by atoms with Crippen LogP contribution in [0.2, 0.25) is 0 Å². The van der Waals surface area contributed by atoms with Gasteiger partial charge in [0.2, 0.25) is 5.91 Å². The molecule has 0 saturated heterocycles. The van der Waals surface area contributed by atoms with Crippen LogP contribution in [0.1, 0.15) is 72.1 Å². The van der Waals surface area contributed by atoms with Crippen LogP contribution < -0.4 is 11.1 Å². The van der Waals surface area contributed by atoms with Crippen molar-refractivity contribution in [2.45, 2.75) is 84.2 Å². The predicted octanol–water partition coefficient (Wildman–Crippen LogP) is 3.23. The van der Waals surface area contributed by atoms with E-state index in [0.717, 1.165) is 25.2 Å². The topological polar surface area (TPSA) is 55.1 Å². The summed E-state index contributed by atoms with van der Waals surface area (Å²) in [6.07, 6.45) is 8.71. The Bertz CT molecular complexity index is 265. The summed E-state index contributed by atoms with van der Waals surface area (Å²) in [4.78, 5) is 12.0. The number of nitrogens with two attached hydrogens (primary N) is 1. The molecule has 0 aromatic carbocycles. The summed E-state index contributed by atoms with van der Waals surface area (Å²) in [6.45, 7) is 6.61. The first-order valence-corrected chi connectivity index (χ1v) is 8.02. The van der Waals surface area contributed by atoms with Crippen molar-refractivity contribution in [2.24, 2.45) is 17.6 Å². The second kappa shape index (κ2) is 8.57. The first kappa shape index (κ1) is 16.5. The average molecular weight is 268 g/mol. The van der Waals surface area contributed by atoms with Gasteiger partial charge in [0.15, 0.2) is 0 Å². The number of hydrogen-bond donors (Lipinski definition) is 2. The van der Waals surface area contributed by atoms with Crippen molar-refractivity contribution in [3.63, 3.8) is 0 Å². The van der Waals surface area contributed by atoms with E-state index in [9.17, 15) is 4.79 Å². The number of amides is 1. The van der Waals surface area contributed by atoms with Gasteiger partial charge in [-0.1, -0.05) is 33.1 Å². The molecule has 0 aromatic heterocycles. The quantitative estimate of drug-likeness (QED) is 0.745. The maximum Gasteiger partial charge on any atom is 0.220 e. The lowest BCUT2D eigenvalue weighted by atomic mass is 9.84.